The highest BCUT2D eigenvalue weighted by atomic mass is 32.2. The fourth-order valence-corrected chi connectivity index (χ4v) is 3.11. The Hall–Kier alpha value is -2.19. The van der Waals surface area contributed by atoms with Gasteiger partial charge in [0.2, 0.25) is 10.0 Å². The molecule has 0 radical (unpaired) electrons. The number of ether oxygens (including phenoxy) is 2. The molecule has 0 fully saturated rings. The maximum absolute atomic E-state index is 12.3. The molecular weight excluding hydrogens is 328 g/mol. The van der Waals surface area contributed by atoms with Crippen LogP contribution in [0.15, 0.2) is 53.4 Å². The summed E-state index contributed by atoms with van der Waals surface area (Å²) in [5.41, 5.74) is 0.488. The number of para-hydroxylation sites is 1. The van der Waals surface area contributed by atoms with E-state index in [1.807, 2.05) is 0 Å². The van der Waals surface area contributed by atoms with Gasteiger partial charge in [-0.2, -0.15) is 8.78 Å². The van der Waals surface area contributed by atoms with Crippen molar-refractivity contribution in [3.8, 4) is 11.5 Å². The second kappa shape index (κ2) is 7.38. The lowest BCUT2D eigenvalue weighted by Gasteiger charge is -2.11. The lowest BCUT2D eigenvalue weighted by atomic mass is 10.2. The predicted molar refractivity (Wildman–Crippen MR) is 80.1 cm³/mol. The molecule has 0 aliphatic rings. The van der Waals surface area contributed by atoms with Gasteiger partial charge >= 0.3 is 6.61 Å². The largest absolute Gasteiger partial charge is 0.495 e. The van der Waals surface area contributed by atoms with E-state index in [0.717, 1.165) is 0 Å². The number of methoxy groups -OCH3 is 1. The molecule has 0 aromatic heterocycles. The van der Waals surface area contributed by atoms with Crippen LogP contribution < -0.4 is 14.2 Å². The Morgan fingerprint density at radius 1 is 1.13 bits per heavy atom. The summed E-state index contributed by atoms with van der Waals surface area (Å²) < 4.78 is 60.7. The molecule has 0 unspecified atom stereocenters. The van der Waals surface area contributed by atoms with Crippen molar-refractivity contribution < 1.29 is 26.7 Å². The first-order valence-corrected chi connectivity index (χ1v) is 8.07. The van der Waals surface area contributed by atoms with Gasteiger partial charge in [0, 0.05) is 6.54 Å². The summed E-state index contributed by atoms with van der Waals surface area (Å²) in [6.07, 6.45) is 0. The van der Waals surface area contributed by atoms with Crippen molar-refractivity contribution in [2.75, 3.05) is 7.11 Å². The molecular formula is C15H15F2NO4S. The number of rotatable bonds is 7. The van der Waals surface area contributed by atoms with Crippen molar-refractivity contribution in [2.45, 2.75) is 18.1 Å². The molecule has 2 rings (SSSR count). The highest BCUT2D eigenvalue weighted by Gasteiger charge is 2.18. The van der Waals surface area contributed by atoms with Crippen molar-refractivity contribution in [1.82, 2.24) is 4.72 Å². The number of halogens is 2. The fourth-order valence-electron chi connectivity index (χ4n) is 1.93. The van der Waals surface area contributed by atoms with Crippen molar-refractivity contribution in [2.24, 2.45) is 0 Å². The van der Waals surface area contributed by atoms with Crippen molar-refractivity contribution in [1.29, 1.82) is 0 Å². The number of alkyl halides is 2. The first-order chi connectivity index (χ1) is 10.9. The Morgan fingerprint density at radius 2 is 1.87 bits per heavy atom. The molecule has 0 atom stereocenters. The molecule has 124 valence electrons. The summed E-state index contributed by atoms with van der Waals surface area (Å²) in [5, 5.41) is 0. The molecule has 5 nitrogen and oxygen atoms in total. The molecule has 0 saturated heterocycles. The van der Waals surface area contributed by atoms with E-state index in [9.17, 15) is 17.2 Å². The minimum atomic E-state index is -3.80. The van der Waals surface area contributed by atoms with Gasteiger partial charge in [0.1, 0.15) is 16.4 Å². The van der Waals surface area contributed by atoms with E-state index in [4.69, 9.17) is 4.74 Å². The zero-order valence-corrected chi connectivity index (χ0v) is 13.0. The lowest BCUT2D eigenvalue weighted by Crippen LogP contribution is -2.23. The van der Waals surface area contributed by atoms with Crippen LogP contribution in [0.1, 0.15) is 5.56 Å². The monoisotopic (exact) mass is 343 g/mol. The summed E-state index contributed by atoms with van der Waals surface area (Å²) >= 11 is 0. The predicted octanol–water partition coefficient (Wildman–Crippen LogP) is 2.78. The minimum absolute atomic E-state index is 0.00230. The smallest absolute Gasteiger partial charge is 0.387 e. The number of hydrogen-bond donors (Lipinski definition) is 1. The van der Waals surface area contributed by atoms with E-state index < -0.39 is 16.6 Å². The Bertz CT molecular complexity index is 766. The van der Waals surface area contributed by atoms with E-state index in [-0.39, 0.29) is 22.9 Å². The molecule has 2 aromatic carbocycles. The van der Waals surface area contributed by atoms with Crippen LogP contribution in [0.2, 0.25) is 0 Å². The van der Waals surface area contributed by atoms with E-state index in [1.54, 1.807) is 18.2 Å². The molecule has 0 saturated carbocycles. The molecule has 23 heavy (non-hydrogen) atoms. The standard InChI is InChI=1S/C15H15F2NO4S/c1-21-13-7-2-3-8-14(13)23(19,20)18-10-11-5-4-6-12(9-11)22-15(16)17/h2-9,15,18H,10H2,1H3. The summed E-state index contributed by atoms with van der Waals surface area (Å²) in [5.74, 6) is 0.184. The normalized spacial score (nSPS) is 11.5. The average Bonchev–Trinajstić information content (AvgIpc) is 2.53. The number of benzene rings is 2. The van der Waals surface area contributed by atoms with Crippen LogP contribution in [0.5, 0.6) is 11.5 Å². The number of nitrogens with one attached hydrogen (secondary N) is 1. The van der Waals surface area contributed by atoms with Crippen molar-refractivity contribution in [3.63, 3.8) is 0 Å². The van der Waals surface area contributed by atoms with Gasteiger partial charge in [-0.05, 0) is 29.8 Å². The van der Waals surface area contributed by atoms with Gasteiger partial charge in [0.05, 0.1) is 7.11 Å². The maximum Gasteiger partial charge on any atom is 0.387 e. The third kappa shape index (κ3) is 4.64. The molecule has 0 aliphatic heterocycles. The highest BCUT2D eigenvalue weighted by molar-refractivity contribution is 7.89. The van der Waals surface area contributed by atoms with Gasteiger partial charge in [-0.25, -0.2) is 13.1 Å². The molecule has 2 aromatic rings. The van der Waals surface area contributed by atoms with Crippen molar-refractivity contribution in [3.05, 3.63) is 54.1 Å². The molecule has 0 amide bonds. The zero-order valence-electron chi connectivity index (χ0n) is 12.2. The van der Waals surface area contributed by atoms with E-state index in [1.165, 1.54) is 37.4 Å². The van der Waals surface area contributed by atoms with E-state index in [2.05, 4.69) is 9.46 Å². The van der Waals surface area contributed by atoms with Gasteiger partial charge in [0.15, 0.2) is 0 Å². The highest BCUT2D eigenvalue weighted by Crippen LogP contribution is 2.23. The second-order valence-electron chi connectivity index (χ2n) is 4.50. The van der Waals surface area contributed by atoms with Gasteiger partial charge in [-0.3, -0.25) is 0 Å². The first kappa shape index (κ1) is 17.2. The molecule has 1 N–H and O–H groups in total. The third-order valence-corrected chi connectivity index (χ3v) is 4.39. The number of hydrogen-bond acceptors (Lipinski definition) is 4. The summed E-state index contributed by atoms with van der Waals surface area (Å²) in [4.78, 5) is 0.00230. The summed E-state index contributed by atoms with van der Waals surface area (Å²) in [7, 11) is -2.43. The topological polar surface area (TPSA) is 64.6 Å². The van der Waals surface area contributed by atoms with Crippen LogP contribution in [0.25, 0.3) is 0 Å². The fraction of sp³-hybridized carbons (Fsp3) is 0.200. The van der Waals surface area contributed by atoms with Crippen LogP contribution in [-0.4, -0.2) is 22.1 Å². The molecule has 0 heterocycles. The molecule has 0 aliphatic carbocycles. The quantitative estimate of drug-likeness (QED) is 0.840. The van der Waals surface area contributed by atoms with Gasteiger partial charge in [-0.15, -0.1) is 0 Å². The van der Waals surface area contributed by atoms with Crippen LogP contribution in [-0.2, 0) is 16.6 Å². The van der Waals surface area contributed by atoms with Crippen LogP contribution in [0.3, 0.4) is 0 Å². The Kier molecular flexibility index (Phi) is 5.51. The van der Waals surface area contributed by atoms with E-state index >= 15 is 0 Å². The summed E-state index contributed by atoms with van der Waals surface area (Å²) in [6.45, 7) is -3.00. The minimum Gasteiger partial charge on any atom is -0.495 e. The molecule has 8 heteroatoms. The van der Waals surface area contributed by atoms with Gasteiger partial charge in [0.25, 0.3) is 0 Å². The third-order valence-electron chi connectivity index (χ3n) is 2.95. The summed E-state index contributed by atoms with van der Waals surface area (Å²) in [6, 6.07) is 12.0. The number of sulfonamides is 1. The average molecular weight is 343 g/mol. The van der Waals surface area contributed by atoms with Crippen LogP contribution in [0, 0.1) is 0 Å². The van der Waals surface area contributed by atoms with Gasteiger partial charge < -0.3 is 9.47 Å². The second-order valence-corrected chi connectivity index (χ2v) is 6.24. The Labute approximate surface area is 132 Å². The van der Waals surface area contributed by atoms with E-state index in [0.29, 0.717) is 5.56 Å². The zero-order chi connectivity index (χ0) is 16.9. The van der Waals surface area contributed by atoms with Crippen LogP contribution in [0.4, 0.5) is 8.78 Å². The lowest BCUT2D eigenvalue weighted by molar-refractivity contribution is -0.0498. The first-order valence-electron chi connectivity index (χ1n) is 6.59. The Morgan fingerprint density at radius 3 is 2.57 bits per heavy atom. The van der Waals surface area contributed by atoms with Gasteiger partial charge in [-0.1, -0.05) is 24.3 Å². The molecule has 0 bridgehead atoms. The molecule has 0 spiro atoms. The Balaban J connectivity index is 2.13. The van der Waals surface area contributed by atoms with Crippen molar-refractivity contribution >= 4 is 10.0 Å². The SMILES string of the molecule is COc1ccccc1S(=O)(=O)NCc1cccc(OC(F)F)c1. The maximum atomic E-state index is 12.3. The van der Waals surface area contributed by atoms with Crippen LogP contribution >= 0.6 is 0 Å².